The molecule has 0 aliphatic rings. The Morgan fingerprint density at radius 3 is 2.20 bits per heavy atom. The molecule has 0 aliphatic carbocycles. The van der Waals surface area contributed by atoms with Crippen molar-refractivity contribution in [2.45, 2.75) is 20.4 Å². The summed E-state index contributed by atoms with van der Waals surface area (Å²) in [5.41, 5.74) is 2.17. The van der Waals surface area contributed by atoms with Crippen LogP contribution in [0.1, 0.15) is 25.0 Å². The molecule has 0 unspecified atom stereocenters. The van der Waals surface area contributed by atoms with Crippen LogP contribution in [0.15, 0.2) is 54.6 Å². The third kappa shape index (κ3) is 4.92. The fourth-order valence-electron chi connectivity index (χ4n) is 2.52. The van der Waals surface area contributed by atoms with Gasteiger partial charge in [0.25, 0.3) is 0 Å². The first-order valence-corrected chi connectivity index (χ1v) is 8.15. The summed E-state index contributed by atoms with van der Waals surface area (Å²) in [5.74, 6) is -0.334. The van der Waals surface area contributed by atoms with Crippen LogP contribution in [0.25, 0.3) is 0 Å². The Bertz CT molecular complexity index is 764. The number of anilines is 1. The molecule has 0 N–H and O–H groups in total. The normalized spacial score (nSPS) is 9.96. The molecule has 5 heteroatoms. The van der Waals surface area contributed by atoms with Crippen molar-refractivity contribution in [3.05, 3.63) is 65.7 Å². The van der Waals surface area contributed by atoms with Crippen molar-refractivity contribution in [2.75, 3.05) is 18.0 Å². The first kappa shape index (κ1) is 18.2. The number of carbonyl (C=O) groups is 2. The summed E-state index contributed by atoms with van der Waals surface area (Å²) in [7, 11) is 0. The molecular weight excluding hydrogens is 314 g/mol. The van der Waals surface area contributed by atoms with Gasteiger partial charge in [-0.25, -0.2) is 0 Å². The molecule has 0 bridgehead atoms. The summed E-state index contributed by atoms with van der Waals surface area (Å²) in [4.78, 5) is 27.8. The lowest BCUT2D eigenvalue weighted by molar-refractivity contribution is -0.131. The maximum Gasteiger partial charge on any atom is 0.242 e. The van der Waals surface area contributed by atoms with Crippen LogP contribution >= 0.6 is 0 Å². The van der Waals surface area contributed by atoms with E-state index in [0.717, 1.165) is 5.56 Å². The number of hydrogen-bond acceptors (Lipinski definition) is 3. The highest BCUT2D eigenvalue weighted by Gasteiger charge is 2.20. The molecule has 0 aromatic heterocycles. The number of amides is 2. The third-order valence-corrected chi connectivity index (χ3v) is 3.93. The zero-order valence-corrected chi connectivity index (χ0v) is 14.5. The van der Waals surface area contributed by atoms with Crippen molar-refractivity contribution in [3.8, 4) is 6.07 Å². The van der Waals surface area contributed by atoms with E-state index in [4.69, 9.17) is 5.26 Å². The minimum absolute atomic E-state index is 0.0259. The Balaban J connectivity index is 2.12. The van der Waals surface area contributed by atoms with Gasteiger partial charge in [-0.3, -0.25) is 9.59 Å². The Hall–Kier alpha value is -3.13. The van der Waals surface area contributed by atoms with Crippen LogP contribution < -0.4 is 4.90 Å². The number of carbonyl (C=O) groups excluding carboxylic acids is 2. The molecule has 0 spiro atoms. The average Bonchev–Trinajstić information content (AvgIpc) is 2.64. The van der Waals surface area contributed by atoms with E-state index in [0.29, 0.717) is 24.3 Å². The van der Waals surface area contributed by atoms with Gasteiger partial charge >= 0.3 is 0 Å². The molecule has 2 rings (SSSR count). The minimum Gasteiger partial charge on any atom is -0.337 e. The highest BCUT2D eigenvalue weighted by Crippen LogP contribution is 2.16. The molecule has 2 amide bonds. The zero-order valence-electron chi connectivity index (χ0n) is 14.5. The number of rotatable bonds is 6. The van der Waals surface area contributed by atoms with Gasteiger partial charge in [0.05, 0.1) is 11.6 Å². The van der Waals surface area contributed by atoms with E-state index >= 15 is 0 Å². The number of hydrogen-bond donors (Lipinski definition) is 0. The first-order valence-electron chi connectivity index (χ1n) is 8.15. The molecule has 2 aromatic rings. The summed E-state index contributed by atoms with van der Waals surface area (Å²) in [6, 6.07) is 18.4. The maximum absolute atomic E-state index is 12.7. The lowest BCUT2D eigenvalue weighted by Gasteiger charge is -2.26. The predicted molar refractivity (Wildman–Crippen MR) is 96.7 cm³/mol. The van der Waals surface area contributed by atoms with Crippen molar-refractivity contribution in [1.29, 1.82) is 5.26 Å². The highest BCUT2D eigenvalue weighted by molar-refractivity contribution is 5.97. The van der Waals surface area contributed by atoms with E-state index in [1.165, 1.54) is 11.8 Å². The number of likely N-dealkylation sites (N-methyl/N-ethyl adjacent to an activating group) is 1. The second-order valence-corrected chi connectivity index (χ2v) is 5.66. The van der Waals surface area contributed by atoms with Crippen molar-refractivity contribution in [1.82, 2.24) is 4.90 Å². The van der Waals surface area contributed by atoms with Crippen LogP contribution in [0.2, 0.25) is 0 Å². The fraction of sp³-hybridized carbons (Fsp3) is 0.250. The van der Waals surface area contributed by atoms with E-state index in [9.17, 15) is 9.59 Å². The second-order valence-electron chi connectivity index (χ2n) is 5.66. The average molecular weight is 335 g/mol. The van der Waals surface area contributed by atoms with E-state index in [1.807, 2.05) is 43.3 Å². The molecule has 2 aromatic carbocycles. The first-order chi connectivity index (χ1) is 12.0. The topological polar surface area (TPSA) is 64.4 Å². The molecule has 0 atom stereocenters. The van der Waals surface area contributed by atoms with Gasteiger partial charge in [-0.15, -0.1) is 0 Å². The van der Waals surface area contributed by atoms with Gasteiger partial charge in [0.1, 0.15) is 6.54 Å². The van der Waals surface area contributed by atoms with E-state index < -0.39 is 0 Å². The summed E-state index contributed by atoms with van der Waals surface area (Å²) in [6.07, 6.45) is 0. The molecule has 0 radical (unpaired) electrons. The molecule has 25 heavy (non-hydrogen) atoms. The van der Waals surface area contributed by atoms with Gasteiger partial charge < -0.3 is 9.80 Å². The summed E-state index contributed by atoms with van der Waals surface area (Å²) in [5, 5.41) is 8.88. The van der Waals surface area contributed by atoms with Crippen LogP contribution in [-0.2, 0) is 16.1 Å². The molecule has 0 saturated heterocycles. The molecule has 0 saturated carbocycles. The Labute approximate surface area is 148 Å². The Kier molecular flexibility index (Phi) is 6.30. The predicted octanol–water partition coefficient (Wildman–Crippen LogP) is 2.96. The van der Waals surface area contributed by atoms with E-state index in [1.54, 1.807) is 29.2 Å². The monoisotopic (exact) mass is 335 g/mol. The standard InChI is InChI=1S/C20H21N3O2/c1-3-22(14-18-7-5-4-6-8-18)20(25)15-23(16(2)24)19-11-9-17(13-21)10-12-19/h4-12H,3,14-15H2,1-2H3. The molecule has 0 aliphatic heterocycles. The molecular formula is C20H21N3O2. The SMILES string of the molecule is CCN(Cc1ccccc1)C(=O)CN(C(C)=O)c1ccc(C#N)cc1. The molecule has 128 valence electrons. The smallest absolute Gasteiger partial charge is 0.242 e. The van der Waals surface area contributed by atoms with Crippen LogP contribution in [0.5, 0.6) is 0 Å². The van der Waals surface area contributed by atoms with Gasteiger partial charge in [0, 0.05) is 25.7 Å². The number of nitrogens with zero attached hydrogens (tertiary/aromatic N) is 3. The lowest BCUT2D eigenvalue weighted by atomic mass is 10.2. The number of benzene rings is 2. The van der Waals surface area contributed by atoms with Gasteiger partial charge in [0.15, 0.2) is 0 Å². The summed E-state index contributed by atoms with van der Waals surface area (Å²) in [6.45, 7) is 4.39. The highest BCUT2D eigenvalue weighted by atomic mass is 16.2. The van der Waals surface area contributed by atoms with Crippen LogP contribution in [0.4, 0.5) is 5.69 Å². The fourth-order valence-corrected chi connectivity index (χ4v) is 2.52. The molecule has 0 heterocycles. The molecule has 5 nitrogen and oxygen atoms in total. The van der Waals surface area contributed by atoms with Crippen molar-refractivity contribution in [3.63, 3.8) is 0 Å². The Morgan fingerprint density at radius 1 is 1.04 bits per heavy atom. The minimum atomic E-state index is -0.214. The maximum atomic E-state index is 12.7. The van der Waals surface area contributed by atoms with Crippen LogP contribution in [-0.4, -0.2) is 29.8 Å². The Morgan fingerprint density at radius 2 is 1.68 bits per heavy atom. The van der Waals surface area contributed by atoms with Crippen molar-refractivity contribution < 1.29 is 9.59 Å². The van der Waals surface area contributed by atoms with Gasteiger partial charge in [-0.05, 0) is 36.8 Å². The van der Waals surface area contributed by atoms with Crippen molar-refractivity contribution >= 4 is 17.5 Å². The quantitative estimate of drug-likeness (QED) is 0.815. The van der Waals surface area contributed by atoms with E-state index in [2.05, 4.69) is 0 Å². The largest absolute Gasteiger partial charge is 0.337 e. The third-order valence-electron chi connectivity index (χ3n) is 3.93. The summed E-state index contributed by atoms with van der Waals surface area (Å²) >= 11 is 0. The van der Waals surface area contributed by atoms with Crippen LogP contribution in [0.3, 0.4) is 0 Å². The molecule has 0 fully saturated rings. The van der Waals surface area contributed by atoms with E-state index in [-0.39, 0.29) is 18.4 Å². The van der Waals surface area contributed by atoms with Gasteiger partial charge in [0.2, 0.25) is 11.8 Å². The second kappa shape index (κ2) is 8.65. The number of nitriles is 1. The van der Waals surface area contributed by atoms with Crippen molar-refractivity contribution in [2.24, 2.45) is 0 Å². The van der Waals surface area contributed by atoms with Crippen LogP contribution in [0, 0.1) is 11.3 Å². The van der Waals surface area contributed by atoms with Gasteiger partial charge in [-0.2, -0.15) is 5.26 Å². The summed E-state index contributed by atoms with van der Waals surface area (Å²) < 4.78 is 0. The zero-order chi connectivity index (χ0) is 18.2. The lowest BCUT2D eigenvalue weighted by Crippen LogP contribution is -2.42. The van der Waals surface area contributed by atoms with Gasteiger partial charge in [-0.1, -0.05) is 30.3 Å².